The number of thiophene rings is 1. The summed E-state index contributed by atoms with van der Waals surface area (Å²) in [4.78, 5) is 1.30. The molecular weight excluding hydrogens is 128 g/mol. The van der Waals surface area contributed by atoms with E-state index in [0.717, 1.165) is 0 Å². The van der Waals surface area contributed by atoms with Crippen LogP contribution in [0.2, 0.25) is 0 Å². The number of rotatable bonds is 1. The molecule has 0 aliphatic heterocycles. The van der Waals surface area contributed by atoms with Gasteiger partial charge in [-0.05, 0) is 30.4 Å². The molecule has 0 spiro atoms. The molecule has 0 amide bonds. The van der Waals surface area contributed by atoms with Crippen LogP contribution in [0.5, 0.6) is 0 Å². The molecule has 0 nitrogen and oxygen atoms in total. The summed E-state index contributed by atoms with van der Waals surface area (Å²) < 4.78 is 0. The monoisotopic (exact) mass is 138 g/mol. The number of hydrogen-bond donors (Lipinski definition) is 0. The summed E-state index contributed by atoms with van der Waals surface area (Å²) in [6, 6.07) is 0. The maximum atomic E-state index is 3.72. The van der Waals surface area contributed by atoms with Crippen molar-refractivity contribution >= 4 is 17.4 Å². The van der Waals surface area contributed by atoms with Crippen LogP contribution in [0, 0.1) is 13.8 Å². The third-order valence-corrected chi connectivity index (χ3v) is 2.71. The zero-order valence-corrected chi connectivity index (χ0v) is 6.59. The first-order valence-electron chi connectivity index (χ1n) is 2.93. The van der Waals surface area contributed by atoms with Crippen LogP contribution in [0.4, 0.5) is 0 Å². The van der Waals surface area contributed by atoms with Crippen LogP contribution >= 0.6 is 11.3 Å². The normalized spacial score (nSPS) is 9.56. The van der Waals surface area contributed by atoms with Crippen molar-refractivity contribution in [2.24, 2.45) is 0 Å². The lowest BCUT2D eigenvalue weighted by atomic mass is 10.2. The van der Waals surface area contributed by atoms with Gasteiger partial charge < -0.3 is 0 Å². The molecule has 0 unspecified atom stereocenters. The number of aryl methyl sites for hydroxylation is 1. The largest absolute Gasteiger partial charge is 0.144 e. The molecule has 0 N–H and O–H groups in total. The van der Waals surface area contributed by atoms with Crippen LogP contribution in [-0.4, -0.2) is 0 Å². The fourth-order valence-electron chi connectivity index (χ4n) is 0.724. The summed E-state index contributed by atoms with van der Waals surface area (Å²) in [6.07, 6.45) is 1.91. The second-order valence-corrected chi connectivity index (χ2v) is 3.02. The Labute approximate surface area is 59.8 Å². The maximum absolute atomic E-state index is 3.72. The summed E-state index contributed by atoms with van der Waals surface area (Å²) in [6.45, 7) is 7.97. The van der Waals surface area contributed by atoms with Gasteiger partial charge in [-0.1, -0.05) is 12.7 Å². The van der Waals surface area contributed by atoms with Gasteiger partial charge in [0, 0.05) is 4.88 Å². The Morgan fingerprint density at radius 1 is 1.56 bits per heavy atom. The molecule has 0 aromatic carbocycles. The number of hydrogen-bond acceptors (Lipinski definition) is 1. The van der Waals surface area contributed by atoms with E-state index in [9.17, 15) is 0 Å². The highest BCUT2D eigenvalue weighted by Gasteiger charge is 1.97. The first-order valence-corrected chi connectivity index (χ1v) is 3.81. The highest BCUT2D eigenvalue weighted by atomic mass is 32.1. The van der Waals surface area contributed by atoms with Crippen molar-refractivity contribution in [2.75, 3.05) is 0 Å². The Kier molecular flexibility index (Phi) is 1.72. The molecular formula is C8H10S. The Morgan fingerprint density at radius 2 is 2.22 bits per heavy atom. The molecule has 0 aliphatic rings. The van der Waals surface area contributed by atoms with Gasteiger partial charge >= 0.3 is 0 Å². The van der Waals surface area contributed by atoms with Crippen molar-refractivity contribution in [3.05, 3.63) is 28.0 Å². The third kappa shape index (κ3) is 1.06. The third-order valence-electron chi connectivity index (χ3n) is 1.51. The van der Waals surface area contributed by atoms with E-state index in [1.165, 1.54) is 16.0 Å². The second kappa shape index (κ2) is 2.36. The molecule has 0 bridgehead atoms. The highest BCUT2D eigenvalue weighted by molar-refractivity contribution is 7.11. The lowest BCUT2D eigenvalue weighted by Crippen LogP contribution is -1.71. The van der Waals surface area contributed by atoms with Crippen molar-refractivity contribution in [3.63, 3.8) is 0 Å². The van der Waals surface area contributed by atoms with Gasteiger partial charge in [0.2, 0.25) is 0 Å². The molecule has 48 valence electrons. The predicted molar refractivity (Wildman–Crippen MR) is 43.9 cm³/mol. The molecule has 0 fully saturated rings. The molecule has 0 saturated carbocycles. The molecule has 0 radical (unpaired) electrons. The lowest BCUT2D eigenvalue weighted by molar-refractivity contribution is 1.40. The van der Waals surface area contributed by atoms with Crippen LogP contribution in [-0.2, 0) is 0 Å². The van der Waals surface area contributed by atoms with Gasteiger partial charge in [-0.25, -0.2) is 0 Å². The summed E-state index contributed by atoms with van der Waals surface area (Å²) in [5, 5.41) is 2.16. The van der Waals surface area contributed by atoms with E-state index in [1.54, 1.807) is 11.3 Å². The van der Waals surface area contributed by atoms with Crippen molar-refractivity contribution in [1.29, 1.82) is 0 Å². The minimum absolute atomic E-state index is 1.30. The van der Waals surface area contributed by atoms with Crippen LogP contribution in [0.3, 0.4) is 0 Å². The second-order valence-electron chi connectivity index (χ2n) is 2.11. The Balaban J connectivity index is 3.18. The minimum atomic E-state index is 1.30. The zero-order valence-electron chi connectivity index (χ0n) is 5.77. The van der Waals surface area contributed by atoms with E-state index in [4.69, 9.17) is 0 Å². The topological polar surface area (TPSA) is 0 Å². The predicted octanol–water partition coefficient (Wildman–Crippen LogP) is 3.01. The van der Waals surface area contributed by atoms with E-state index in [2.05, 4.69) is 25.8 Å². The Morgan fingerprint density at radius 3 is 2.44 bits per heavy atom. The average Bonchev–Trinajstić information content (AvgIpc) is 2.15. The van der Waals surface area contributed by atoms with Gasteiger partial charge in [0.25, 0.3) is 0 Å². The van der Waals surface area contributed by atoms with Crippen LogP contribution in [0.1, 0.15) is 16.0 Å². The van der Waals surface area contributed by atoms with E-state index in [-0.39, 0.29) is 0 Å². The summed E-state index contributed by atoms with van der Waals surface area (Å²) in [7, 11) is 0. The molecule has 0 atom stereocenters. The first-order chi connectivity index (χ1) is 4.25. The van der Waals surface area contributed by atoms with Gasteiger partial charge in [-0.15, -0.1) is 11.3 Å². The summed E-state index contributed by atoms with van der Waals surface area (Å²) in [5.74, 6) is 0. The van der Waals surface area contributed by atoms with Gasteiger partial charge in [-0.2, -0.15) is 0 Å². The molecule has 0 saturated heterocycles. The molecule has 1 heterocycles. The molecule has 1 aromatic rings. The maximum Gasteiger partial charge on any atom is 0.0296 e. The SMILES string of the molecule is C=Cc1scc(C)c1C. The summed E-state index contributed by atoms with van der Waals surface area (Å²) >= 11 is 1.76. The molecule has 1 rings (SSSR count). The molecule has 1 heteroatoms. The van der Waals surface area contributed by atoms with E-state index in [1.807, 2.05) is 6.08 Å². The Bertz CT molecular complexity index is 220. The quantitative estimate of drug-likeness (QED) is 0.559. The average molecular weight is 138 g/mol. The zero-order chi connectivity index (χ0) is 6.85. The summed E-state index contributed by atoms with van der Waals surface area (Å²) in [5.41, 5.74) is 2.74. The molecule has 9 heavy (non-hydrogen) atoms. The van der Waals surface area contributed by atoms with Crippen LogP contribution in [0.25, 0.3) is 6.08 Å². The standard InChI is InChI=1S/C8H10S/c1-4-8-7(3)6(2)5-9-8/h4-5H,1H2,2-3H3. The van der Waals surface area contributed by atoms with Crippen molar-refractivity contribution in [2.45, 2.75) is 13.8 Å². The van der Waals surface area contributed by atoms with E-state index >= 15 is 0 Å². The fourth-order valence-corrected chi connectivity index (χ4v) is 1.64. The van der Waals surface area contributed by atoms with E-state index < -0.39 is 0 Å². The van der Waals surface area contributed by atoms with E-state index in [0.29, 0.717) is 0 Å². The smallest absolute Gasteiger partial charge is 0.0296 e. The highest BCUT2D eigenvalue weighted by Crippen LogP contribution is 2.21. The minimum Gasteiger partial charge on any atom is -0.144 e. The van der Waals surface area contributed by atoms with Gasteiger partial charge in [-0.3, -0.25) is 0 Å². The van der Waals surface area contributed by atoms with Crippen molar-refractivity contribution in [1.82, 2.24) is 0 Å². The first kappa shape index (κ1) is 6.56. The van der Waals surface area contributed by atoms with Crippen molar-refractivity contribution in [3.8, 4) is 0 Å². The lowest BCUT2D eigenvalue weighted by Gasteiger charge is -1.88. The molecule has 0 aliphatic carbocycles. The molecule has 1 aromatic heterocycles. The van der Waals surface area contributed by atoms with Crippen LogP contribution in [0.15, 0.2) is 12.0 Å². The fraction of sp³-hybridized carbons (Fsp3) is 0.250. The Hall–Kier alpha value is -0.560. The van der Waals surface area contributed by atoms with Gasteiger partial charge in [0.15, 0.2) is 0 Å². The van der Waals surface area contributed by atoms with Crippen LogP contribution < -0.4 is 0 Å². The van der Waals surface area contributed by atoms with Gasteiger partial charge in [0.05, 0.1) is 0 Å². The van der Waals surface area contributed by atoms with Crippen molar-refractivity contribution < 1.29 is 0 Å². The van der Waals surface area contributed by atoms with Gasteiger partial charge in [0.1, 0.15) is 0 Å².